The number of ether oxygens (including phenoxy) is 1. The molecule has 1 heterocycles. The molecule has 4 N–H and O–H groups in total. The SMILES string of the molecule is C[C@@H]1CC[C@@]23CCC(=O)[C@H]2[C@@]1(C)[C@H](C(Oc1ccc2c(c1F)B(O)OC2)C(=O)O)C[C@@](C)(CN)[C@@H](OS(C)(=O)=O)[C@@H]3C. The summed E-state index contributed by atoms with van der Waals surface area (Å²) in [6.45, 7) is 7.69. The zero-order valence-corrected chi connectivity index (χ0v) is 25.6. The van der Waals surface area contributed by atoms with Gasteiger partial charge in [-0.3, -0.25) is 8.98 Å². The number of hydrogen-bond donors (Lipinski definition) is 3. The first-order chi connectivity index (χ1) is 19.5. The average molecular weight is 610 g/mol. The van der Waals surface area contributed by atoms with Crippen molar-refractivity contribution >= 4 is 34.5 Å². The van der Waals surface area contributed by atoms with Crippen LogP contribution in [0.2, 0.25) is 0 Å². The van der Waals surface area contributed by atoms with Crippen molar-refractivity contribution in [1.29, 1.82) is 0 Å². The third-order valence-corrected chi connectivity index (χ3v) is 12.0. The van der Waals surface area contributed by atoms with Gasteiger partial charge < -0.3 is 25.3 Å². The van der Waals surface area contributed by atoms with Gasteiger partial charge in [-0.2, -0.15) is 8.42 Å². The molecule has 42 heavy (non-hydrogen) atoms. The van der Waals surface area contributed by atoms with E-state index >= 15 is 4.39 Å². The van der Waals surface area contributed by atoms with Crippen LogP contribution >= 0.6 is 0 Å². The van der Waals surface area contributed by atoms with Crippen molar-refractivity contribution < 1.29 is 46.1 Å². The van der Waals surface area contributed by atoms with Gasteiger partial charge in [-0.15, -0.1) is 0 Å². The second-order valence-corrected chi connectivity index (χ2v) is 15.2. The Morgan fingerprint density at radius 2 is 1.98 bits per heavy atom. The highest BCUT2D eigenvalue weighted by Crippen LogP contribution is 2.69. The number of carbonyl (C=O) groups is 2. The minimum Gasteiger partial charge on any atom is -0.478 e. The maximum absolute atomic E-state index is 15.7. The standard InChI is InChI=1S/C29H41BFNO9S/c1-15-8-10-29-11-9-19(33)24(29)28(15,4)18(12-27(3,14-32)25(16(29)2)41-42(5,37)38)23(26(34)35)40-20-7-6-17-13-39-30(36)21(17)22(20)31/h6-7,15-16,18,23-25,36H,8-14,32H2,1-5H3,(H,34,35)/t15-,16+,18+,23?,24+,25+,27+,28-,29+/m1/s1. The van der Waals surface area contributed by atoms with Crippen molar-refractivity contribution in [2.24, 2.45) is 45.7 Å². The Morgan fingerprint density at radius 1 is 1.29 bits per heavy atom. The van der Waals surface area contributed by atoms with Gasteiger partial charge in [0, 0.05) is 35.7 Å². The fraction of sp³-hybridized carbons (Fsp3) is 0.724. The zero-order valence-electron chi connectivity index (χ0n) is 24.8. The molecule has 5 rings (SSSR count). The fourth-order valence-corrected chi connectivity index (χ4v) is 9.91. The van der Waals surface area contributed by atoms with Crippen molar-refractivity contribution in [1.82, 2.24) is 0 Å². The molecule has 1 aromatic carbocycles. The molecule has 13 heteroatoms. The number of aliphatic carboxylic acids is 1. The van der Waals surface area contributed by atoms with Crippen LogP contribution in [0.3, 0.4) is 0 Å². The first-order valence-corrected chi connectivity index (χ1v) is 16.4. The highest BCUT2D eigenvalue weighted by atomic mass is 32.2. The van der Waals surface area contributed by atoms with Crippen LogP contribution in [0.4, 0.5) is 4.39 Å². The topological polar surface area (TPSA) is 162 Å². The summed E-state index contributed by atoms with van der Waals surface area (Å²) in [6.07, 6.45) is 0.676. The maximum Gasteiger partial charge on any atom is 0.494 e. The number of Topliss-reactive ketones (excluding diaryl/α,β-unsaturated/α-hetero) is 1. The van der Waals surface area contributed by atoms with Crippen LogP contribution in [0.25, 0.3) is 0 Å². The maximum atomic E-state index is 15.7. The molecular formula is C29H41BFNO9S. The summed E-state index contributed by atoms with van der Waals surface area (Å²) in [4.78, 5) is 26.9. The van der Waals surface area contributed by atoms with Crippen LogP contribution in [-0.4, -0.2) is 62.4 Å². The molecule has 1 unspecified atom stereocenters. The Labute approximate surface area is 246 Å². The molecule has 0 radical (unpaired) electrons. The quantitative estimate of drug-likeness (QED) is 0.309. The second kappa shape index (κ2) is 10.5. The predicted molar refractivity (Wildman–Crippen MR) is 152 cm³/mol. The molecule has 9 atom stereocenters. The summed E-state index contributed by atoms with van der Waals surface area (Å²) in [6, 6.07) is 2.85. The number of carbonyl (C=O) groups excluding carboxylic acids is 1. The minimum absolute atomic E-state index is 0.00884. The smallest absolute Gasteiger partial charge is 0.478 e. The van der Waals surface area contributed by atoms with Gasteiger partial charge in [-0.1, -0.05) is 33.8 Å². The van der Waals surface area contributed by atoms with Gasteiger partial charge in [0.25, 0.3) is 10.1 Å². The van der Waals surface area contributed by atoms with E-state index in [4.69, 9.17) is 19.3 Å². The van der Waals surface area contributed by atoms with Crippen LogP contribution in [0.15, 0.2) is 12.1 Å². The molecule has 10 nitrogen and oxygen atoms in total. The van der Waals surface area contributed by atoms with Gasteiger partial charge in [0.1, 0.15) is 5.78 Å². The molecular weight excluding hydrogens is 568 g/mol. The predicted octanol–water partition coefficient (Wildman–Crippen LogP) is 2.24. The lowest BCUT2D eigenvalue weighted by Crippen LogP contribution is -2.65. The molecule has 0 saturated heterocycles. The fourth-order valence-electron chi connectivity index (χ4n) is 9.13. The molecule has 3 aliphatic carbocycles. The Morgan fingerprint density at radius 3 is 2.60 bits per heavy atom. The van der Waals surface area contributed by atoms with Crippen LogP contribution < -0.4 is 15.9 Å². The van der Waals surface area contributed by atoms with E-state index in [0.29, 0.717) is 31.2 Å². The molecule has 0 aromatic heterocycles. The molecule has 2 bridgehead atoms. The number of carboxylic acid groups (broad SMARTS) is 1. The second-order valence-electron chi connectivity index (χ2n) is 13.6. The van der Waals surface area contributed by atoms with Crippen molar-refractivity contribution in [3.05, 3.63) is 23.5 Å². The highest BCUT2D eigenvalue weighted by molar-refractivity contribution is 7.86. The zero-order chi connectivity index (χ0) is 31.0. The van der Waals surface area contributed by atoms with Crippen LogP contribution in [0.5, 0.6) is 5.75 Å². The van der Waals surface area contributed by atoms with Gasteiger partial charge in [0.05, 0.1) is 19.0 Å². The van der Waals surface area contributed by atoms with E-state index in [1.165, 1.54) is 12.1 Å². The first-order valence-electron chi connectivity index (χ1n) is 14.6. The van der Waals surface area contributed by atoms with Gasteiger partial charge in [-0.05, 0) is 60.0 Å². The number of rotatable bonds is 7. The number of benzene rings is 1. The normalized spacial score (nSPS) is 38.8. The average Bonchev–Trinajstić information content (AvgIpc) is 3.47. The number of hydrogen-bond acceptors (Lipinski definition) is 9. The third-order valence-electron chi connectivity index (χ3n) is 11.5. The van der Waals surface area contributed by atoms with Crippen LogP contribution in [-0.2, 0) is 35.2 Å². The van der Waals surface area contributed by atoms with Gasteiger partial charge >= 0.3 is 13.1 Å². The first kappa shape index (κ1) is 31.4. The van der Waals surface area contributed by atoms with E-state index in [1.54, 1.807) is 6.92 Å². The number of fused-ring (bicyclic) bond motifs is 1. The number of ketones is 1. The number of nitrogens with two attached hydrogens (primary N) is 1. The van der Waals surface area contributed by atoms with Gasteiger partial charge in [-0.25, -0.2) is 9.18 Å². The van der Waals surface area contributed by atoms with E-state index in [1.807, 2.05) is 20.8 Å². The van der Waals surface area contributed by atoms with Gasteiger partial charge in [0.2, 0.25) is 0 Å². The van der Waals surface area contributed by atoms with E-state index in [2.05, 4.69) is 0 Å². The van der Waals surface area contributed by atoms with E-state index in [9.17, 15) is 28.1 Å². The highest BCUT2D eigenvalue weighted by Gasteiger charge is 2.69. The molecule has 3 fully saturated rings. The molecule has 0 spiro atoms. The summed E-state index contributed by atoms with van der Waals surface area (Å²) in [5.41, 5.74) is 4.15. The lowest BCUT2D eigenvalue weighted by molar-refractivity contribution is -0.194. The van der Waals surface area contributed by atoms with Crippen LogP contribution in [0, 0.1) is 45.7 Å². The number of halogens is 1. The van der Waals surface area contributed by atoms with Gasteiger partial charge in [0.15, 0.2) is 17.7 Å². The summed E-state index contributed by atoms with van der Waals surface area (Å²) in [7, 11) is -5.46. The van der Waals surface area contributed by atoms with E-state index < -0.39 is 69.3 Å². The van der Waals surface area contributed by atoms with E-state index in [0.717, 1.165) is 6.26 Å². The molecule has 3 saturated carbocycles. The van der Waals surface area contributed by atoms with Crippen molar-refractivity contribution in [2.45, 2.75) is 78.6 Å². The van der Waals surface area contributed by atoms with Crippen molar-refractivity contribution in [3.8, 4) is 5.75 Å². The third kappa shape index (κ3) is 4.70. The van der Waals surface area contributed by atoms with E-state index in [-0.39, 0.29) is 48.4 Å². The monoisotopic (exact) mass is 609 g/mol. The molecule has 1 aliphatic heterocycles. The minimum atomic E-state index is -3.96. The lowest BCUT2D eigenvalue weighted by Gasteiger charge is -2.63. The lowest BCUT2D eigenvalue weighted by atomic mass is 9.41. The van der Waals surface area contributed by atoms with Crippen LogP contribution in [0.1, 0.15) is 65.4 Å². The Balaban J connectivity index is 1.70. The summed E-state index contributed by atoms with van der Waals surface area (Å²) >= 11 is 0. The Kier molecular flexibility index (Phi) is 7.87. The number of carboxylic acids is 1. The summed E-state index contributed by atoms with van der Waals surface area (Å²) < 4.78 is 57.8. The largest absolute Gasteiger partial charge is 0.494 e. The van der Waals surface area contributed by atoms with Crippen molar-refractivity contribution in [2.75, 3.05) is 12.8 Å². The Bertz CT molecular complexity index is 1390. The Hall–Kier alpha value is -2.06. The van der Waals surface area contributed by atoms with Crippen molar-refractivity contribution in [3.63, 3.8) is 0 Å². The summed E-state index contributed by atoms with van der Waals surface area (Å²) in [5, 5.41) is 20.8. The molecule has 4 aliphatic rings. The summed E-state index contributed by atoms with van der Waals surface area (Å²) in [5.74, 6) is -4.51. The molecule has 232 valence electrons. The molecule has 1 aromatic rings. The molecule has 0 amide bonds.